The number of rotatable bonds is 7. The van der Waals surface area contributed by atoms with Crippen molar-refractivity contribution < 1.29 is 13.6 Å². The van der Waals surface area contributed by atoms with Gasteiger partial charge in [-0.25, -0.2) is 4.39 Å². The first kappa shape index (κ1) is 21.4. The maximum absolute atomic E-state index is 14.0. The van der Waals surface area contributed by atoms with E-state index in [0.29, 0.717) is 43.6 Å². The number of halogens is 1. The molecule has 1 fully saturated rings. The van der Waals surface area contributed by atoms with Crippen molar-refractivity contribution in [2.45, 2.75) is 64.3 Å². The molecule has 1 aromatic carbocycles. The maximum Gasteiger partial charge on any atom is 0.222 e. The molecule has 1 heterocycles. The van der Waals surface area contributed by atoms with Gasteiger partial charge in [-0.1, -0.05) is 26.8 Å². The highest BCUT2D eigenvalue weighted by atomic mass is 28.4. The fraction of sp³-hybridized carbons (Fsp3) is 0.600. The van der Waals surface area contributed by atoms with Crippen LogP contribution < -0.4 is 5.32 Å². The zero-order valence-corrected chi connectivity index (χ0v) is 17.9. The highest BCUT2D eigenvalue weighted by Gasteiger charge is 2.42. The molecule has 1 aliphatic rings. The third-order valence-electron chi connectivity index (χ3n) is 5.56. The number of likely N-dealkylation sites (tertiary alicyclic amines) is 1. The molecule has 27 heavy (non-hydrogen) atoms. The van der Waals surface area contributed by atoms with Crippen molar-refractivity contribution in [2.75, 3.05) is 18.4 Å². The molecule has 148 valence electrons. The third-order valence-corrected chi connectivity index (χ3v) is 10.1. The van der Waals surface area contributed by atoms with Gasteiger partial charge in [-0.05, 0) is 48.7 Å². The predicted molar refractivity (Wildman–Crippen MR) is 107 cm³/mol. The van der Waals surface area contributed by atoms with E-state index >= 15 is 0 Å². The molecule has 1 aromatic rings. The largest absolute Gasteiger partial charge is 0.410 e. The summed E-state index contributed by atoms with van der Waals surface area (Å²) in [6.45, 7) is 12.4. The fourth-order valence-electron chi connectivity index (χ4n) is 2.79. The van der Waals surface area contributed by atoms with E-state index in [2.05, 4.69) is 39.2 Å². The van der Waals surface area contributed by atoms with Crippen LogP contribution in [0.1, 0.15) is 39.2 Å². The van der Waals surface area contributed by atoms with E-state index in [-0.39, 0.29) is 22.9 Å². The summed E-state index contributed by atoms with van der Waals surface area (Å²) < 4.78 is 20.3. The number of nitrogens with zero attached hydrogens (tertiary/aromatic N) is 2. The number of anilines is 1. The SMILES string of the molecule is CC(C)(C)[Si](C)(C)OC1CN(C(=O)CCCc2ccc(NC#N)cc2F)C1. The average molecular weight is 392 g/mol. The normalized spacial score (nSPS) is 15.2. The lowest BCUT2D eigenvalue weighted by molar-refractivity contribution is -0.140. The average Bonchev–Trinajstić information content (AvgIpc) is 2.51. The van der Waals surface area contributed by atoms with Gasteiger partial charge >= 0.3 is 0 Å². The molecule has 7 heteroatoms. The van der Waals surface area contributed by atoms with E-state index in [0.717, 1.165) is 0 Å². The molecule has 0 aliphatic carbocycles. The molecule has 0 aromatic heterocycles. The molecule has 1 N–H and O–H groups in total. The molecule has 0 saturated carbocycles. The first-order valence-corrected chi connectivity index (χ1v) is 12.3. The number of nitriles is 1. The summed E-state index contributed by atoms with van der Waals surface area (Å²) in [7, 11) is -1.79. The summed E-state index contributed by atoms with van der Waals surface area (Å²) in [4.78, 5) is 14.1. The van der Waals surface area contributed by atoms with E-state index in [1.807, 2.05) is 4.90 Å². The first-order chi connectivity index (χ1) is 12.5. The van der Waals surface area contributed by atoms with Crippen molar-refractivity contribution in [3.05, 3.63) is 29.6 Å². The van der Waals surface area contributed by atoms with Crippen molar-refractivity contribution in [2.24, 2.45) is 0 Å². The zero-order chi connectivity index (χ0) is 20.2. The quantitative estimate of drug-likeness (QED) is 0.428. The van der Waals surface area contributed by atoms with Gasteiger partial charge in [0.1, 0.15) is 5.82 Å². The van der Waals surface area contributed by atoms with Gasteiger partial charge in [0.25, 0.3) is 0 Å². The number of aryl methyl sites for hydroxylation is 1. The van der Waals surface area contributed by atoms with Crippen molar-refractivity contribution >= 4 is 19.9 Å². The third kappa shape index (κ3) is 5.53. The van der Waals surface area contributed by atoms with Crippen LogP contribution in [0.3, 0.4) is 0 Å². The summed E-state index contributed by atoms with van der Waals surface area (Å²) in [5.74, 6) is -0.247. The van der Waals surface area contributed by atoms with Crippen LogP contribution in [0.2, 0.25) is 18.1 Å². The second-order valence-electron chi connectivity index (χ2n) is 8.70. The molecule has 0 bridgehead atoms. The Hall–Kier alpha value is -1.91. The Balaban J connectivity index is 1.73. The smallest absolute Gasteiger partial charge is 0.222 e. The van der Waals surface area contributed by atoms with Gasteiger partial charge < -0.3 is 9.33 Å². The minimum Gasteiger partial charge on any atom is -0.410 e. The molecular weight excluding hydrogens is 361 g/mol. The van der Waals surface area contributed by atoms with Crippen LogP contribution in [0.4, 0.5) is 10.1 Å². The van der Waals surface area contributed by atoms with Crippen LogP contribution in [-0.4, -0.2) is 38.3 Å². The Kier molecular flexibility index (Phi) is 6.66. The van der Waals surface area contributed by atoms with Crippen LogP contribution >= 0.6 is 0 Å². The molecule has 1 amide bonds. The van der Waals surface area contributed by atoms with Gasteiger partial charge in [0, 0.05) is 19.5 Å². The number of hydrogen-bond acceptors (Lipinski definition) is 4. The van der Waals surface area contributed by atoms with Crippen molar-refractivity contribution in [3.8, 4) is 6.19 Å². The van der Waals surface area contributed by atoms with Gasteiger partial charge in [-0.2, -0.15) is 5.26 Å². The number of amides is 1. The van der Waals surface area contributed by atoms with Crippen LogP contribution in [0.5, 0.6) is 0 Å². The molecule has 2 rings (SSSR count). The molecule has 1 aliphatic heterocycles. The molecule has 1 saturated heterocycles. The predicted octanol–water partition coefficient (Wildman–Crippen LogP) is 4.27. The summed E-state index contributed by atoms with van der Waals surface area (Å²) in [6, 6.07) is 4.63. The summed E-state index contributed by atoms with van der Waals surface area (Å²) in [5, 5.41) is 11.1. The monoisotopic (exact) mass is 391 g/mol. The summed E-state index contributed by atoms with van der Waals surface area (Å²) in [6.07, 6.45) is 3.42. The number of carbonyl (C=O) groups is 1. The Bertz CT molecular complexity index is 719. The lowest BCUT2D eigenvalue weighted by Crippen LogP contribution is -2.59. The molecule has 0 spiro atoms. The molecule has 0 atom stereocenters. The van der Waals surface area contributed by atoms with Gasteiger partial charge in [-0.3, -0.25) is 10.1 Å². The second-order valence-corrected chi connectivity index (χ2v) is 13.5. The number of carbonyl (C=O) groups excluding carboxylic acids is 1. The minimum absolute atomic E-state index is 0.105. The molecule has 5 nitrogen and oxygen atoms in total. The van der Waals surface area contributed by atoms with Gasteiger partial charge in [0.05, 0.1) is 11.8 Å². The second kappa shape index (κ2) is 8.40. The maximum atomic E-state index is 14.0. The standard InChI is InChI=1S/C20H30FN3O2Si/c1-20(2,3)27(4,5)26-17-12-24(13-17)19(25)8-6-7-15-9-10-16(23-14-22)11-18(15)21/h9-11,17,23H,6-8,12-13H2,1-5H3. The van der Waals surface area contributed by atoms with Crippen molar-refractivity contribution in [3.63, 3.8) is 0 Å². The lowest BCUT2D eigenvalue weighted by Gasteiger charge is -2.46. The number of nitrogens with one attached hydrogen (secondary N) is 1. The fourth-order valence-corrected chi connectivity index (χ4v) is 4.13. The van der Waals surface area contributed by atoms with Crippen molar-refractivity contribution in [1.29, 1.82) is 5.26 Å². The van der Waals surface area contributed by atoms with Gasteiger partial charge in [-0.15, -0.1) is 0 Å². The minimum atomic E-state index is -1.79. The van der Waals surface area contributed by atoms with E-state index < -0.39 is 8.32 Å². The Labute approximate surface area is 162 Å². The summed E-state index contributed by atoms with van der Waals surface area (Å²) in [5.41, 5.74) is 0.997. The highest BCUT2D eigenvalue weighted by molar-refractivity contribution is 6.74. The van der Waals surface area contributed by atoms with Crippen LogP contribution in [0.15, 0.2) is 18.2 Å². The van der Waals surface area contributed by atoms with Crippen molar-refractivity contribution in [1.82, 2.24) is 4.90 Å². The van der Waals surface area contributed by atoms with Crippen LogP contribution in [-0.2, 0) is 15.6 Å². The van der Waals surface area contributed by atoms with Gasteiger partial charge in [0.15, 0.2) is 14.5 Å². The molecule has 0 unspecified atom stereocenters. The van der Waals surface area contributed by atoms with E-state index in [1.165, 1.54) is 6.07 Å². The topological polar surface area (TPSA) is 65.4 Å². The summed E-state index contributed by atoms with van der Waals surface area (Å²) >= 11 is 0. The zero-order valence-electron chi connectivity index (χ0n) is 16.9. The first-order valence-electron chi connectivity index (χ1n) is 9.42. The number of benzene rings is 1. The van der Waals surface area contributed by atoms with E-state index in [1.54, 1.807) is 18.3 Å². The van der Waals surface area contributed by atoms with E-state index in [4.69, 9.17) is 9.69 Å². The highest BCUT2D eigenvalue weighted by Crippen LogP contribution is 2.38. The molecule has 0 radical (unpaired) electrons. The lowest BCUT2D eigenvalue weighted by atomic mass is 10.1. The Morgan fingerprint density at radius 3 is 2.63 bits per heavy atom. The Morgan fingerprint density at radius 1 is 1.41 bits per heavy atom. The van der Waals surface area contributed by atoms with E-state index in [9.17, 15) is 9.18 Å². The van der Waals surface area contributed by atoms with Crippen LogP contribution in [0.25, 0.3) is 0 Å². The Morgan fingerprint density at radius 2 is 2.07 bits per heavy atom. The van der Waals surface area contributed by atoms with Gasteiger partial charge in [0.2, 0.25) is 5.91 Å². The van der Waals surface area contributed by atoms with Crippen LogP contribution in [0, 0.1) is 17.3 Å². The number of hydrogen-bond donors (Lipinski definition) is 1. The molecular formula is C20H30FN3O2Si.